The van der Waals surface area contributed by atoms with Crippen LogP contribution in [0, 0.1) is 31.3 Å². The Kier molecular flexibility index (Phi) is 8.97. The number of fused-ring (bicyclic) bond motifs is 1. The first-order valence-corrected chi connectivity index (χ1v) is 14.3. The molecule has 45 heavy (non-hydrogen) atoms. The Labute approximate surface area is 256 Å². The summed E-state index contributed by atoms with van der Waals surface area (Å²) in [4.78, 5) is 19.2. The molecule has 1 aliphatic heterocycles. The summed E-state index contributed by atoms with van der Waals surface area (Å²) >= 11 is 0. The van der Waals surface area contributed by atoms with E-state index in [9.17, 15) is 18.0 Å². The molecule has 6 nitrogen and oxygen atoms in total. The van der Waals surface area contributed by atoms with E-state index in [1.165, 1.54) is 26.2 Å². The van der Waals surface area contributed by atoms with Gasteiger partial charge in [-0.05, 0) is 63.5 Å². The van der Waals surface area contributed by atoms with Crippen LogP contribution in [-0.2, 0) is 21.1 Å². The molecule has 2 heterocycles. The predicted molar refractivity (Wildman–Crippen MR) is 157 cm³/mol. The van der Waals surface area contributed by atoms with E-state index >= 15 is 13.2 Å². The van der Waals surface area contributed by atoms with Gasteiger partial charge in [-0.1, -0.05) is 36.4 Å². The van der Waals surface area contributed by atoms with Crippen LogP contribution >= 0.6 is 0 Å². The molecule has 5 rings (SSSR count). The van der Waals surface area contributed by atoms with Gasteiger partial charge >= 0.3 is 12.1 Å². The Morgan fingerprint density at radius 1 is 0.978 bits per heavy atom. The molecule has 12 heteroatoms. The quantitative estimate of drug-likeness (QED) is 0.160. The second-order valence-corrected chi connectivity index (χ2v) is 11.1. The van der Waals surface area contributed by atoms with Crippen LogP contribution < -0.4 is 10.1 Å². The van der Waals surface area contributed by atoms with Crippen molar-refractivity contribution >= 4 is 28.2 Å². The summed E-state index contributed by atoms with van der Waals surface area (Å²) in [6, 6.07) is 13.3. The van der Waals surface area contributed by atoms with Crippen LogP contribution in [0.3, 0.4) is 0 Å². The van der Waals surface area contributed by atoms with E-state index in [0.29, 0.717) is 22.3 Å². The smallest absolute Gasteiger partial charge is 0.416 e. The van der Waals surface area contributed by atoms with Gasteiger partial charge in [-0.15, -0.1) is 0 Å². The van der Waals surface area contributed by atoms with E-state index in [1.54, 1.807) is 37.3 Å². The van der Waals surface area contributed by atoms with Crippen molar-refractivity contribution in [1.29, 1.82) is 0 Å². The number of para-hydroxylation sites is 1. The fraction of sp³-hybridized carbons (Fsp3) is 0.333. The van der Waals surface area contributed by atoms with E-state index in [-0.39, 0.29) is 44.6 Å². The maximum absolute atomic E-state index is 15.6. The van der Waals surface area contributed by atoms with Crippen molar-refractivity contribution in [2.45, 2.75) is 38.3 Å². The summed E-state index contributed by atoms with van der Waals surface area (Å²) in [6.07, 6.45) is -4.26. The minimum absolute atomic E-state index is 0.159. The van der Waals surface area contributed by atoms with Gasteiger partial charge in [0.25, 0.3) is 0 Å². The number of hydrogen-bond donors (Lipinski definition) is 1. The van der Waals surface area contributed by atoms with Crippen molar-refractivity contribution in [1.82, 2.24) is 9.88 Å². The van der Waals surface area contributed by atoms with Crippen LogP contribution in [-0.4, -0.2) is 49.2 Å². The van der Waals surface area contributed by atoms with Crippen molar-refractivity contribution in [2.24, 2.45) is 0 Å². The number of rotatable bonds is 8. The molecule has 1 fully saturated rings. The summed E-state index contributed by atoms with van der Waals surface area (Å²) in [7, 11) is 1.19. The molecular formula is C33H31F6N3O3. The number of halogens is 6. The third-order valence-electron chi connectivity index (χ3n) is 8.28. The number of aryl methyl sites for hydroxylation is 1. The predicted octanol–water partition coefficient (Wildman–Crippen LogP) is 7.62. The second-order valence-electron chi connectivity index (χ2n) is 11.1. The average Bonchev–Trinajstić information content (AvgIpc) is 3.03. The topological polar surface area (TPSA) is 63.7 Å². The summed E-state index contributed by atoms with van der Waals surface area (Å²) in [6.45, 7) is 3.50. The summed E-state index contributed by atoms with van der Waals surface area (Å²) < 4.78 is 96.5. The van der Waals surface area contributed by atoms with Crippen LogP contribution in [0.25, 0.3) is 10.9 Å². The Hall–Kier alpha value is -4.32. The van der Waals surface area contributed by atoms with Gasteiger partial charge in [-0.3, -0.25) is 14.7 Å². The van der Waals surface area contributed by atoms with Crippen molar-refractivity contribution in [3.8, 4) is 5.75 Å². The molecule has 1 aromatic heterocycles. The first-order valence-electron chi connectivity index (χ1n) is 14.3. The maximum Gasteiger partial charge on any atom is 0.416 e. The highest BCUT2D eigenvalue weighted by atomic mass is 19.4. The molecule has 3 aromatic carbocycles. The molecule has 1 aliphatic rings. The Morgan fingerprint density at radius 3 is 2.38 bits per heavy atom. The van der Waals surface area contributed by atoms with Gasteiger partial charge in [0, 0.05) is 28.9 Å². The SMILES string of the molecule is COC(=O)C1(c2cccc(C(F)(F)F)c2)CCN(CCOc2c(F)c(C)c(F)c(Nc3cc(C)nc4ccccc34)c2F)CC1. The molecule has 0 radical (unpaired) electrons. The van der Waals surface area contributed by atoms with E-state index < -0.39 is 57.6 Å². The van der Waals surface area contributed by atoms with E-state index in [0.717, 1.165) is 12.1 Å². The summed E-state index contributed by atoms with van der Waals surface area (Å²) in [5.41, 5.74) is -1.32. The van der Waals surface area contributed by atoms with E-state index in [4.69, 9.17) is 9.47 Å². The Morgan fingerprint density at radius 2 is 1.69 bits per heavy atom. The lowest BCUT2D eigenvalue weighted by Gasteiger charge is -2.40. The van der Waals surface area contributed by atoms with E-state index in [1.807, 2.05) is 4.90 Å². The highest BCUT2D eigenvalue weighted by molar-refractivity contribution is 5.93. The number of pyridine rings is 1. The van der Waals surface area contributed by atoms with Gasteiger partial charge in [0.05, 0.1) is 23.6 Å². The monoisotopic (exact) mass is 631 g/mol. The lowest BCUT2D eigenvalue weighted by Crippen LogP contribution is -2.48. The fourth-order valence-corrected chi connectivity index (χ4v) is 5.78. The number of carbonyl (C=O) groups excluding carboxylic acids is 1. The van der Waals surface area contributed by atoms with Crippen LogP contribution in [0.1, 0.15) is 35.2 Å². The number of benzene rings is 3. The number of carbonyl (C=O) groups is 1. The minimum atomic E-state index is -4.57. The Bertz CT molecular complexity index is 1740. The molecule has 0 spiro atoms. The van der Waals surface area contributed by atoms with Crippen LogP contribution in [0.15, 0.2) is 54.6 Å². The number of hydrogen-bond acceptors (Lipinski definition) is 6. The van der Waals surface area contributed by atoms with Crippen LogP contribution in [0.5, 0.6) is 5.75 Å². The lowest BCUT2D eigenvalue weighted by atomic mass is 9.72. The molecule has 0 unspecified atom stereocenters. The minimum Gasteiger partial charge on any atom is -0.486 e. The summed E-state index contributed by atoms with van der Waals surface area (Å²) in [5, 5.41) is 3.38. The molecule has 238 valence electrons. The maximum atomic E-state index is 15.6. The van der Waals surface area contributed by atoms with Gasteiger partial charge < -0.3 is 14.8 Å². The van der Waals surface area contributed by atoms with Gasteiger partial charge in [-0.2, -0.15) is 13.2 Å². The third-order valence-corrected chi connectivity index (χ3v) is 8.28. The number of methoxy groups -OCH3 is 1. The Balaban J connectivity index is 1.31. The van der Waals surface area contributed by atoms with Gasteiger partial charge in [-0.25, -0.2) is 13.2 Å². The zero-order valence-corrected chi connectivity index (χ0v) is 24.8. The molecule has 0 amide bonds. The number of piperidine rings is 1. The normalized spacial score (nSPS) is 15.2. The van der Waals surface area contributed by atoms with E-state index in [2.05, 4.69) is 10.3 Å². The van der Waals surface area contributed by atoms with Crippen molar-refractivity contribution in [3.05, 3.63) is 94.4 Å². The van der Waals surface area contributed by atoms with Crippen molar-refractivity contribution in [3.63, 3.8) is 0 Å². The highest BCUT2D eigenvalue weighted by Crippen LogP contribution is 2.40. The summed E-state index contributed by atoms with van der Waals surface area (Å²) in [5.74, 6) is -4.88. The molecule has 0 aliphatic carbocycles. The molecule has 1 N–H and O–H groups in total. The zero-order valence-electron chi connectivity index (χ0n) is 24.8. The van der Waals surface area contributed by atoms with Crippen molar-refractivity contribution < 1.29 is 40.6 Å². The third kappa shape index (κ3) is 6.28. The zero-order chi connectivity index (χ0) is 32.5. The first-order chi connectivity index (χ1) is 21.4. The highest BCUT2D eigenvalue weighted by Gasteiger charge is 2.45. The molecule has 0 atom stereocenters. The largest absolute Gasteiger partial charge is 0.486 e. The number of nitrogens with one attached hydrogen (secondary N) is 1. The van der Waals surface area contributed by atoms with Crippen LogP contribution in [0.2, 0.25) is 0 Å². The average molecular weight is 632 g/mol. The molecule has 4 aromatic rings. The lowest BCUT2D eigenvalue weighted by molar-refractivity contribution is -0.150. The number of ether oxygens (including phenoxy) is 2. The second kappa shape index (κ2) is 12.6. The van der Waals surface area contributed by atoms with Gasteiger partial charge in [0.2, 0.25) is 0 Å². The number of likely N-dealkylation sites (tertiary alicyclic amines) is 1. The number of aromatic nitrogens is 1. The number of alkyl halides is 3. The molecule has 1 saturated heterocycles. The van der Waals surface area contributed by atoms with Gasteiger partial charge in [0.1, 0.15) is 12.3 Å². The number of esters is 1. The number of anilines is 2. The molecule has 0 bridgehead atoms. The molecular weight excluding hydrogens is 600 g/mol. The first kappa shape index (κ1) is 32.1. The molecule has 0 saturated carbocycles. The number of nitrogens with zero attached hydrogens (tertiary/aromatic N) is 2. The standard InChI is InChI=1S/C33H31F6N3O3/c1-19-17-25(23-9-4-5-10-24(23)40-19)41-29-26(34)20(2)27(35)30(28(29)36)45-16-15-42-13-11-32(12-14-42,31(43)44-3)21-7-6-8-22(18-21)33(37,38)39/h4-10,17-18H,11-16H2,1-3H3,(H,40,41). The van der Waals surface area contributed by atoms with Gasteiger partial charge in [0.15, 0.2) is 23.2 Å². The fourth-order valence-electron chi connectivity index (χ4n) is 5.78. The van der Waals surface area contributed by atoms with Crippen molar-refractivity contribution in [2.75, 3.05) is 38.7 Å². The van der Waals surface area contributed by atoms with Crippen LogP contribution in [0.4, 0.5) is 37.7 Å².